The van der Waals surface area contributed by atoms with Gasteiger partial charge in [0.05, 0.1) is 24.9 Å². The Balaban J connectivity index is 1.54. The standard InChI is InChI=1S/C18H28N2O2/c1-19(16-6-4-3-5-7-16)17-14-18(22-15-17)8-10-20(11-9-18)12-13-21-2/h3-7,17H,8-15H2,1-2H3/t17-/m1/s1. The summed E-state index contributed by atoms with van der Waals surface area (Å²) in [5.41, 5.74) is 1.39. The summed E-state index contributed by atoms with van der Waals surface area (Å²) in [6, 6.07) is 11.1. The monoisotopic (exact) mass is 304 g/mol. The third-order valence-electron chi connectivity index (χ3n) is 5.28. The Morgan fingerprint density at radius 2 is 2.00 bits per heavy atom. The van der Waals surface area contributed by atoms with Crippen molar-refractivity contribution >= 4 is 5.69 Å². The number of nitrogens with zero attached hydrogens (tertiary/aromatic N) is 2. The lowest BCUT2D eigenvalue weighted by molar-refractivity contribution is -0.0460. The average molecular weight is 304 g/mol. The van der Waals surface area contributed by atoms with Crippen molar-refractivity contribution in [3.05, 3.63) is 30.3 Å². The third kappa shape index (κ3) is 3.45. The second-order valence-electron chi connectivity index (χ2n) is 6.63. The fraction of sp³-hybridized carbons (Fsp3) is 0.667. The number of likely N-dealkylation sites (tertiary alicyclic amines) is 1. The Morgan fingerprint density at radius 1 is 1.27 bits per heavy atom. The fourth-order valence-corrected chi connectivity index (χ4v) is 3.70. The van der Waals surface area contributed by atoms with Gasteiger partial charge >= 0.3 is 0 Å². The van der Waals surface area contributed by atoms with Crippen LogP contribution in [-0.4, -0.2) is 63.5 Å². The lowest BCUT2D eigenvalue weighted by Crippen LogP contribution is -2.45. The number of hydrogen-bond acceptors (Lipinski definition) is 4. The first-order chi connectivity index (χ1) is 10.7. The molecule has 4 heteroatoms. The molecule has 0 unspecified atom stereocenters. The minimum absolute atomic E-state index is 0.108. The number of hydrogen-bond donors (Lipinski definition) is 0. The Hall–Kier alpha value is -1.10. The van der Waals surface area contributed by atoms with Crippen molar-refractivity contribution in [1.29, 1.82) is 0 Å². The second-order valence-corrected chi connectivity index (χ2v) is 6.63. The maximum absolute atomic E-state index is 6.29. The van der Waals surface area contributed by atoms with Crippen LogP contribution < -0.4 is 4.90 Å². The van der Waals surface area contributed by atoms with Crippen molar-refractivity contribution in [2.24, 2.45) is 0 Å². The van der Waals surface area contributed by atoms with E-state index in [9.17, 15) is 0 Å². The molecular formula is C18H28N2O2. The van der Waals surface area contributed by atoms with Gasteiger partial charge in [0.25, 0.3) is 0 Å². The Labute approximate surface area is 134 Å². The molecule has 0 bridgehead atoms. The average Bonchev–Trinajstić information content (AvgIpc) is 2.98. The lowest BCUT2D eigenvalue weighted by Gasteiger charge is -2.39. The highest BCUT2D eigenvalue weighted by Crippen LogP contribution is 2.38. The number of methoxy groups -OCH3 is 1. The van der Waals surface area contributed by atoms with Gasteiger partial charge in [-0.25, -0.2) is 0 Å². The van der Waals surface area contributed by atoms with Crippen LogP contribution in [0.1, 0.15) is 19.3 Å². The maximum atomic E-state index is 6.29. The number of anilines is 1. The topological polar surface area (TPSA) is 24.9 Å². The van der Waals surface area contributed by atoms with Gasteiger partial charge in [0.1, 0.15) is 0 Å². The number of ether oxygens (including phenoxy) is 2. The van der Waals surface area contributed by atoms with Gasteiger partial charge in [-0.2, -0.15) is 0 Å². The Bertz CT molecular complexity index is 457. The van der Waals surface area contributed by atoms with Crippen LogP contribution in [0.3, 0.4) is 0 Å². The first-order valence-electron chi connectivity index (χ1n) is 8.36. The molecule has 0 aromatic heterocycles. The van der Waals surface area contributed by atoms with E-state index >= 15 is 0 Å². The lowest BCUT2D eigenvalue weighted by atomic mass is 9.87. The van der Waals surface area contributed by atoms with E-state index in [1.54, 1.807) is 7.11 Å². The molecule has 2 fully saturated rings. The van der Waals surface area contributed by atoms with Crippen LogP contribution in [0, 0.1) is 0 Å². The van der Waals surface area contributed by atoms with E-state index < -0.39 is 0 Å². The summed E-state index contributed by atoms with van der Waals surface area (Å²) in [4.78, 5) is 4.87. The molecule has 1 aromatic rings. The molecule has 0 saturated carbocycles. The summed E-state index contributed by atoms with van der Waals surface area (Å²) in [7, 11) is 3.96. The van der Waals surface area contributed by atoms with Crippen LogP contribution in [0.4, 0.5) is 5.69 Å². The summed E-state index contributed by atoms with van der Waals surface area (Å²) >= 11 is 0. The number of benzene rings is 1. The molecule has 2 heterocycles. The molecule has 0 radical (unpaired) electrons. The molecule has 3 rings (SSSR count). The van der Waals surface area contributed by atoms with E-state index in [1.807, 2.05) is 0 Å². The largest absolute Gasteiger partial charge is 0.383 e. The van der Waals surface area contributed by atoms with Gasteiger partial charge in [-0.15, -0.1) is 0 Å². The molecule has 4 nitrogen and oxygen atoms in total. The zero-order valence-corrected chi connectivity index (χ0v) is 13.8. The van der Waals surface area contributed by atoms with Crippen molar-refractivity contribution < 1.29 is 9.47 Å². The van der Waals surface area contributed by atoms with Gasteiger partial charge in [-0.05, 0) is 31.4 Å². The molecule has 1 spiro atoms. The van der Waals surface area contributed by atoms with Crippen molar-refractivity contribution in [2.45, 2.75) is 30.9 Å². The van der Waals surface area contributed by atoms with Gasteiger partial charge in [0.15, 0.2) is 0 Å². The van der Waals surface area contributed by atoms with E-state index in [4.69, 9.17) is 9.47 Å². The summed E-state index contributed by atoms with van der Waals surface area (Å²) in [5.74, 6) is 0. The van der Waals surface area contributed by atoms with Crippen molar-refractivity contribution in [1.82, 2.24) is 4.90 Å². The number of para-hydroxylation sites is 1. The summed E-state index contributed by atoms with van der Waals surface area (Å²) < 4.78 is 11.5. The summed E-state index contributed by atoms with van der Waals surface area (Å²) in [5, 5.41) is 0. The highest BCUT2D eigenvalue weighted by molar-refractivity contribution is 5.46. The third-order valence-corrected chi connectivity index (χ3v) is 5.28. The van der Waals surface area contributed by atoms with Gasteiger partial charge < -0.3 is 19.3 Å². The quantitative estimate of drug-likeness (QED) is 0.834. The van der Waals surface area contributed by atoms with E-state index in [0.29, 0.717) is 6.04 Å². The summed E-state index contributed by atoms with van der Waals surface area (Å²) in [6.45, 7) is 4.98. The van der Waals surface area contributed by atoms with Crippen LogP contribution in [0.2, 0.25) is 0 Å². The molecule has 1 aromatic carbocycles. The van der Waals surface area contributed by atoms with Crippen LogP contribution in [0.5, 0.6) is 0 Å². The van der Waals surface area contributed by atoms with E-state index in [0.717, 1.165) is 52.1 Å². The normalized spacial score (nSPS) is 24.7. The van der Waals surface area contributed by atoms with Gasteiger partial charge in [0.2, 0.25) is 0 Å². The van der Waals surface area contributed by atoms with E-state index in [2.05, 4.69) is 47.2 Å². The van der Waals surface area contributed by atoms with Crippen LogP contribution in [-0.2, 0) is 9.47 Å². The fourth-order valence-electron chi connectivity index (χ4n) is 3.70. The molecule has 2 aliphatic rings. The first kappa shape index (κ1) is 15.8. The molecule has 0 aliphatic carbocycles. The molecule has 1 atom stereocenters. The Kier molecular flexibility index (Phi) is 5.01. The zero-order chi connectivity index (χ0) is 15.4. The first-order valence-corrected chi connectivity index (χ1v) is 8.36. The molecule has 2 aliphatic heterocycles. The molecule has 22 heavy (non-hydrogen) atoms. The molecule has 0 amide bonds. The molecule has 2 saturated heterocycles. The maximum Gasteiger partial charge on any atom is 0.0728 e. The minimum atomic E-state index is 0.108. The van der Waals surface area contributed by atoms with Crippen LogP contribution in [0.15, 0.2) is 30.3 Å². The predicted molar refractivity (Wildman–Crippen MR) is 89.5 cm³/mol. The van der Waals surface area contributed by atoms with Crippen molar-refractivity contribution in [3.63, 3.8) is 0 Å². The molecule has 122 valence electrons. The highest BCUT2D eigenvalue weighted by atomic mass is 16.5. The molecule has 0 N–H and O–H groups in total. The van der Waals surface area contributed by atoms with Gasteiger partial charge in [0, 0.05) is 39.5 Å². The van der Waals surface area contributed by atoms with Crippen LogP contribution >= 0.6 is 0 Å². The van der Waals surface area contributed by atoms with Gasteiger partial charge in [-0.3, -0.25) is 0 Å². The number of rotatable bonds is 5. The second kappa shape index (κ2) is 6.99. The van der Waals surface area contributed by atoms with Crippen molar-refractivity contribution in [3.8, 4) is 0 Å². The SMILES string of the molecule is COCCN1CCC2(CC1)C[C@@H](N(C)c1ccccc1)CO2. The van der Waals surface area contributed by atoms with E-state index in [-0.39, 0.29) is 5.60 Å². The van der Waals surface area contributed by atoms with Crippen molar-refractivity contribution in [2.75, 3.05) is 51.9 Å². The zero-order valence-electron chi connectivity index (χ0n) is 13.8. The van der Waals surface area contributed by atoms with Crippen LogP contribution in [0.25, 0.3) is 0 Å². The minimum Gasteiger partial charge on any atom is -0.383 e. The smallest absolute Gasteiger partial charge is 0.0728 e. The highest BCUT2D eigenvalue weighted by Gasteiger charge is 2.43. The predicted octanol–water partition coefficient (Wildman–Crippen LogP) is 2.39. The number of likely N-dealkylation sites (N-methyl/N-ethyl adjacent to an activating group) is 1. The summed E-state index contributed by atoms with van der Waals surface area (Å²) in [6.07, 6.45) is 3.45. The molecular weight excluding hydrogens is 276 g/mol. The van der Waals surface area contributed by atoms with E-state index in [1.165, 1.54) is 5.69 Å². The van der Waals surface area contributed by atoms with Gasteiger partial charge in [-0.1, -0.05) is 18.2 Å². The number of piperidine rings is 1. The Morgan fingerprint density at radius 3 is 2.68 bits per heavy atom.